The van der Waals surface area contributed by atoms with Gasteiger partial charge in [0, 0.05) is 12.3 Å². The zero-order chi connectivity index (χ0) is 13.0. The SMILES string of the molecule is CC(=Nc1ccc(F)c(F)c1)C(=CN)C(=O)O. The van der Waals surface area contributed by atoms with E-state index in [2.05, 4.69) is 4.99 Å². The smallest absolute Gasteiger partial charge is 0.339 e. The predicted octanol–water partition coefficient (Wildman–Crippen LogP) is 1.98. The van der Waals surface area contributed by atoms with Gasteiger partial charge in [0.2, 0.25) is 0 Å². The van der Waals surface area contributed by atoms with Gasteiger partial charge < -0.3 is 10.8 Å². The molecule has 17 heavy (non-hydrogen) atoms. The van der Waals surface area contributed by atoms with Crippen molar-refractivity contribution >= 4 is 17.4 Å². The quantitative estimate of drug-likeness (QED) is 0.626. The fourth-order valence-corrected chi connectivity index (χ4v) is 1.16. The molecule has 90 valence electrons. The molecular formula is C11H10F2N2O2. The van der Waals surface area contributed by atoms with E-state index in [4.69, 9.17) is 10.8 Å². The first-order valence-electron chi connectivity index (χ1n) is 4.61. The van der Waals surface area contributed by atoms with E-state index in [9.17, 15) is 13.6 Å². The number of carboxylic acid groups (broad SMARTS) is 1. The number of benzene rings is 1. The first kappa shape index (κ1) is 12.8. The Bertz CT molecular complexity index is 510. The molecule has 0 saturated carbocycles. The van der Waals surface area contributed by atoms with Crippen molar-refractivity contribution in [3.05, 3.63) is 41.6 Å². The average Bonchev–Trinajstić information content (AvgIpc) is 2.24. The van der Waals surface area contributed by atoms with Gasteiger partial charge in [-0.25, -0.2) is 13.6 Å². The molecule has 0 amide bonds. The van der Waals surface area contributed by atoms with E-state index in [0.717, 1.165) is 18.3 Å². The zero-order valence-corrected chi connectivity index (χ0v) is 8.95. The van der Waals surface area contributed by atoms with E-state index in [1.807, 2.05) is 0 Å². The van der Waals surface area contributed by atoms with Gasteiger partial charge in [-0.15, -0.1) is 0 Å². The van der Waals surface area contributed by atoms with Crippen molar-refractivity contribution in [2.45, 2.75) is 6.92 Å². The van der Waals surface area contributed by atoms with Crippen LogP contribution < -0.4 is 5.73 Å². The van der Waals surface area contributed by atoms with Crippen molar-refractivity contribution in [1.82, 2.24) is 0 Å². The van der Waals surface area contributed by atoms with Crippen LogP contribution in [0.3, 0.4) is 0 Å². The second kappa shape index (κ2) is 5.20. The summed E-state index contributed by atoms with van der Waals surface area (Å²) < 4.78 is 25.5. The van der Waals surface area contributed by atoms with E-state index in [1.54, 1.807) is 0 Å². The van der Waals surface area contributed by atoms with Crippen LogP contribution in [0.2, 0.25) is 0 Å². The summed E-state index contributed by atoms with van der Waals surface area (Å²) >= 11 is 0. The van der Waals surface area contributed by atoms with E-state index in [1.165, 1.54) is 13.0 Å². The van der Waals surface area contributed by atoms with E-state index in [-0.39, 0.29) is 17.0 Å². The summed E-state index contributed by atoms with van der Waals surface area (Å²) in [5, 5.41) is 8.76. The maximum absolute atomic E-state index is 12.9. The lowest BCUT2D eigenvalue weighted by molar-refractivity contribution is -0.132. The number of rotatable bonds is 3. The highest BCUT2D eigenvalue weighted by atomic mass is 19.2. The molecule has 0 heterocycles. The molecule has 0 fully saturated rings. The molecule has 0 aromatic heterocycles. The molecule has 0 atom stereocenters. The number of carboxylic acids is 1. The lowest BCUT2D eigenvalue weighted by Gasteiger charge is -2.01. The average molecular weight is 240 g/mol. The largest absolute Gasteiger partial charge is 0.478 e. The normalized spacial score (nSPS) is 12.6. The van der Waals surface area contributed by atoms with Crippen LogP contribution >= 0.6 is 0 Å². The standard InChI is InChI=1S/C11H10F2N2O2/c1-6(8(5-14)11(16)17)15-7-2-3-9(12)10(13)4-7/h2-5H,14H2,1H3,(H,16,17). The molecule has 0 spiro atoms. The zero-order valence-electron chi connectivity index (χ0n) is 8.95. The lowest BCUT2D eigenvalue weighted by Crippen LogP contribution is -2.11. The van der Waals surface area contributed by atoms with Crippen molar-refractivity contribution in [2.75, 3.05) is 0 Å². The fraction of sp³-hybridized carbons (Fsp3) is 0.0909. The van der Waals surface area contributed by atoms with Crippen LogP contribution in [-0.4, -0.2) is 16.8 Å². The minimum Gasteiger partial charge on any atom is -0.478 e. The molecule has 0 saturated heterocycles. The molecule has 0 aliphatic rings. The Labute approximate surface area is 96.1 Å². The summed E-state index contributed by atoms with van der Waals surface area (Å²) in [4.78, 5) is 14.6. The number of hydrogen-bond acceptors (Lipinski definition) is 3. The molecule has 0 aliphatic carbocycles. The molecule has 6 heteroatoms. The minimum absolute atomic E-state index is 0.103. The molecule has 1 aromatic rings. The molecule has 0 radical (unpaired) electrons. The van der Waals surface area contributed by atoms with Crippen LogP contribution in [0.1, 0.15) is 6.92 Å². The highest BCUT2D eigenvalue weighted by Gasteiger charge is 2.10. The number of hydrogen-bond donors (Lipinski definition) is 2. The van der Waals surface area contributed by atoms with Crippen LogP contribution in [0.5, 0.6) is 0 Å². The van der Waals surface area contributed by atoms with Crippen molar-refractivity contribution in [3.63, 3.8) is 0 Å². The third kappa shape index (κ3) is 3.10. The first-order valence-corrected chi connectivity index (χ1v) is 4.61. The highest BCUT2D eigenvalue weighted by Crippen LogP contribution is 2.17. The molecule has 0 unspecified atom stereocenters. The second-order valence-electron chi connectivity index (χ2n) is 3.18. The van der Waals surface area contributed by atoms with Crippen molar-refractivity contribution in [3.8, 4) is 0 Å². The minimum atomic E-state index is -1.24. The molecule has 0 bridgehead atoms. The van der Waals surface area contributed by atoms with Gasteiger partial charge in [-0.05, 0) is 19.1 Å². The Morgan fingerprint density at radius 3 is 2.53 bits per heavy atom. The highest BCUT2D eigenvalue weighted by molar-refractivity contribution is 6.18. The van der Waals surface area contributed by atoms with Gasteiger partial charge in [-0.2, -0.15) is 0 Å². The molecule has 4 nitrogen and oxygen atoms in total. The van der Waals surface area contributed by atoms with Gasteiger partial charge >= 0.3 is 5.97 Å². The number of carbonyl (C=O) groups is 1. The van der Waals surface area contributed by atoms with Crippen LogP contribution in [-0.2, 0) is 4.79 Å². The Balaban J connectivity index is 3.10. The molecule has 3 N–H and O–H groups in total. The predicted molar refractivity (Wildman–Crippen MR) is 59.0 cm³/mol. The van der Waals surface area contributed by atoms with Crippen molar-refractivity contribution in [1.29, 1.82) is 0 Å². The Hall–Kier alpha value is -2.24. The van der Waals surface area contributed by atoms with Crippen LogP contribution in [0.4, 0.5) is 14.5 Å². The number of aliphatic carboxylic acids is 1. The maximum atomic E-state index is 12.9. The summed E-state index contributed by atoms with van der Waals surface area (Å²) in [6.07, 6.45) is 0.890. The maximum Gasteiger partial charge on any atom is 0.339 e. The molecule has 1 rings (SSSR count). The van der Waals surface area contributed by atoms with Gasteiger partial charge in [0.05, 0.1) is 17.0 Å². The fourth-order valence-electron chi connectivity index (χ4n) is 1.16. The van der Waals surface area contributed by atoms with Crippen molar-refractivity contribution < 1.29 is 18.7 Å². The summed E-state index contributed by atoms with van der Waals surface area (Å²) in [6, 6.07) is 3.01. The van der Waals surface area contributed by atoms with Crippen LogP contribution in [0, 0.1) is 11.6 Å². The number of nitrogens with zero attached hydrogens (tertiary/aromatic N) is 1. The summed E-state index contributed by atoms with van der Waals surface area (Å²) in [5.74, 6) is -3.28. The number of nitrogens with two attached hydrogens (primary N) is 1. The van der Waals surface area contributed by atoms with Gasteiger partial charge in [0.15, 0.2) is 11.6 Å². The van der Waals surface area contributed by atoms with E-state index >= 15 is 0 Å². The Morgan fingerprint density at radius 1 is 1.41 bits per heavy atom. The number of aliphatic imine (C=N–C) groups is 1. The van der Waals surface area contributed by atoms with E-state index in [0.29, 0.717) is 0 Å². The molecule has 0 aliphatic heterocycles. The van der Waals surface area contributed by atoms with E-state index < -0.39 is 17.6 Å². The van der Waals surface area contributed by atoms with Gasteiger partial charge in [-0.1, -0.05) is 0 Å². The molecule has 1 aromatic carbocycles. The van der Waals surface area contributed by atoms with Gasteiger partial charge in [0.25, 0.3) is 0 Å². The summed E-state index contributed by atoms with van der Waals surface area (Å²) in [6.45, 7) is 1.41. The van der Waals surface area contributed by atoms with Crippen LogP contribution in [0.25, 0.3) is 0 Å². The third-order valence-electron chi connectivity index (χ3n) is 1.99. The summed E-state index contributed by atoms with van der Waals surface area (Å²) in [7, 11) is 0. The lowest BCUT2D eigenvalue weighted by atomic mass is 10.2. The second-order valence-corrected chi connectivity index (χ2v) is 3.18. The third-order valence-corrected chi connectivity index (χ3v) is 1.99. The van der Waals surface area contributed by atoms with Gasteiger partial charge in [0.1, 0.15) is 0 Å². The number of halogens is 2. The Morgan fingerprint density at radius 2 is 2.06 bits per heavy atom. The summed E-state index contributed by atoms with van der Waals surface area (Å²) in [5.41, 5.74) is 5.14. The van der Waals surface area contributed by atoms with Gasteiger partial charge in [-0.3, -0.25) is 4.99 Å². The monoisotopic (exact) mass is 240 g/mol. The van der Waals surface area contributed by atoms with Crippen LogP contribution in [0.15, 0.2) is 35.0 Å². The topological polar surface area (TPSA) is 75.7 Å². The van der Waals surface area contributed by atoms with Crippen molar-refractivity contribution in [2.24, 2.45) is 10.7 Å². The molecular weight excluding hydrogens is 230 g/mol. The Kier molecular flexibility index (Phi) is 3.92. The first-order chi connectivity index (χ1) is 7.95.